The van der Waals surface area contributed by atoms with Gasteiger partial charge in [-0.05, 0) is 20.8 Å². The highest BCUT2D eigenvalue weighted by molar-refractivity contribution is 6.09. The lowest BCUT2D eigenvalue weighted by Crippen LogP contribution is -2.18. The van der Waals surface area contributed by atoms with E-state index in [9.17, 15) is 14.4 Å². The van der Waals surface area contributed by atoms with Crippen LogP contribution in [0.3, 0.4) is 0 Å². The molecule has 0 radical (unpaired) electrons. The lowest BCUT2D eigenvalue weighted by Gasteiger charge is -2.11. The standard InChI is InChI=1S/C22H22N4O6/c1-4-30-21(28)14-11-24-18(13-9-7-6-8-10-13)25-19(14)26-20-16(17(23)27)15(12(3)32-20)22(29)31-5-2/h6-11H,4-5H2,1-3H3,(H2,23,27)(H,24,25,26). The fourth-order valence-electron chi connectivity index (χ4n) is 2.99. The number of esters is 2. The summed E-state index contributed by atoms with van der Waals surface area (Å²) in [7, 11) is 0. The second-order valence-electron chi connectivity index (χ2n) is 6.49. The zero-order valence-corrected chi connectivity index (χ0v) is 17.8. The minimum atomic E-state index is -0.914. The molecule has 1 aromatic carbocycles. The molecular weight excluding hydrogens is 416 g/mol. The average molecular weight is 438 g/mol. The summed E-state index contributed by atoms with van der Waals surface area (Å²) in [6.45, 7) is 5.03. The van der Waals surface area contributed by atoms with Crippen LogP contribution in [0.4, 0.5) is 11.7 Å². The molecular formula is C22H22N4O6. The van der Waals surface area contributed by atoms with E-state index < -0.39 is 17.8 Å². The van der Waals surface area contributed by atoms with E-state index in [1.165, 1.54) is 13.1 Å². The van der Waals surface area contributed by atoms with Crippen LogP contribution in [0, 0.1) is 6.92 Å². The Hall–Kier alpha value is -4.21. The number of aromatic nitrogens is 2. The van der Waals surface area contributed by atoms with Gasteiger partial charge in [0.1, 0.15) is 22.5 Å². The number of furan rings is 1. The first-order valence-corrected chi connectivity index (χ1v) is 9.84. The van der Waals surface area contributed by atoms with Gasteiger partial charge < -0.3 is 24.9 Å². The molecule has 1 amide bonds. The first-order valence-electron chi connectivity index (χ1n) is 9.84. The number of carbonyl (C=O) groups excluding carboxylic acids is 3. The van der Waals surface area contributed by atoms with Crippen molar-refractivity contribution in [3.05, 3.63) is 59.0 Å². The van der Waals surface area contributed by atoms with Crippen LogP contribution in [0.5, 0.6) is 0 Å². The fourth-order valence-corrected chi connectivity index (χ4v) is 2.99. The van der Waals surface area contributed by atoms with E-state index in [1.807, 2.05) is 18.2 Å². The molecule has 0 saturated carbocycles. The van der Waals surface area contributed by atoms with Crippen molar-refractivity contribution in [2.24, 2.45) is 5.73 Å². The summed E-state index contributed by atoms with van der Waals surface area (Å²) in [5.74, 6) is -2.05. The van der Waals surface area contributed by atoms with Gasteiger partial charge in [0.15, 0.2) is 11.6 Å². The number of nitrogens with one attached hydrogen (secondary N) is 1. The summed E-state index contributed by atoms with van der Waals surface area (Å²) in [6, 6.07) is 9.08. The van der Waals surface area contributed by atoms with Gasteiger partial charge >= 0.3 is 11.9 Å². The molecule has 32 heavy (non-hydrogen) atoms. The van der Waals surface area contributed by atoms with E-state index in [0.717, 1.165) is 0 Å². The molecule has 3 rings (SSSR count). The molecule has 166 valence electrons. The molecule has 0 aliphatic rings. The molecule has 0 bridgehead atoms. The Morgan fingerprint density at radius 3 is 2.31 bits per heavy atom. The van der Waals surface area contributed by atoms with Crippen LogP contribution in [0.25, 0.3) is 11.4 Å². The minimum absolute atomic E-state index is 0.00805. The van der Waals surface area contributed by atoms with Crippen LogP contribution < -0.4 is 11.1 Å². The smallest absolute Gasteiger partial charge is 0.343 e. The predicted octanol–water partition coefficient (Wildman–Crippen LogP) is 3.24. The Kier molecular flexibility index (Phi) is 6.83. The van der Waals surface area contributed by atoms with Crippen molar-refractivity contribution in [3.8, 4) is 11.4 Å². The van der Waals surface area contributed by atoms with Crippen LogP contribution in [0.1, 0.15) is 50.7 Å². The molecule has 10 heteroatoms. The van der Waals surface area contributed by atoms with E-state index in [2.05, 4.69) is 15.3 Å². The summed E-state index contributed by atoms with van der Waals surface area (Å²) in [5, 5.41) is 2.80. The van der Waals surface area contributed by atoms with Gasteiger partial charge in [0.25, 0.3) is 5.91 Å². The molecule has 0 aliphatic carbocycles. The summed E-state index contributed by atoms with van der Waals surface area (Å²) in [4.78, 5) is 45.6. The number of anilines is 2. The van der Waals surface area contributed by atoms with E-state index in [0.29, 0.717) is 11.4 Å². The van der Waals surface area contributed by atoms with E-state index in [-0.39, 0.29) is 47.4 Å². The predicted molar refractivity (Wildman–Crippen MR) is 115 cm³/mol. The maximum absolute atomic E-state index is 12.4. The van der Waals surface area contributed by atoms with Gasteiger partial charge in [-0.3, -0.25) is 4.79 Å². The number of hydrogen-bond donors (Lipinski definition) is 2. The number of ether oxygens (including phenoxy) is 2. The molecule has 10 nitrogen and oxygen atoms in total. The van der Waals surface area contributed by atoms with E-state index in [4.69, 9.17) is 19.6 Å². The van der Waals surface area contributed by atoms with Gasteiger partial charge in [0.05, 0.1) is 13.2 Å². The Balaban J connectivity index is 2.12. The number of benzene rings is 1. The zero-order chi connectivity index (χ0) is 23.3. The number of nitrogens with zero attached hydrogens (tertiary/aromatic N) is 2. The van der Waals surface area contributed by atoms with Crippen molar-refractivity contribution >= 4 is 29.5 Å². The zero-order valence-electron chi connectivity index (χ0n) is 17.8. The number of carbonyl (C=O) groups is 3. The average Bonchev–Trinajstić information content (AvgIpc) is 3.10. The first kappa shape index (κ1) is 22.5. The fraction of sp³-hybridized carbons (Fsp3) is 0.227. The third-order valence-electron chi connectivity index (χ3n) is 4.36. The maximum Gasteiger partial charge on any atom is 0.343 e. The van der Waals surface area contributed by atoms with Crippen molar-refractivity contribution in [3.63, 3.8) is 0 Å². The molecule has 0 fully saturated rings. The van der Waals surface area contributed by atoms with Crippen LogP contribution in [0.15, 0.2) is 40.9 Å². The highest BCUT2D eigenvalue weighted by Crippen LogP contribution is 2.31. The SMILES string of the molecule is CCOC(=O)c1cnc(-c2ccccc2)nc1Nc1oc(C)c(C(=O)OCC)c1C(N)=O. The minimum Gasteiger partial charge on any atom is -0.462 e. The van der Waals surface area contributed by atoms with Crippen LogP contribution >= 0.6 is 0 Å². The second kappa shape index (κ2) is 9.73. The quantitative estimate of drug-likeness (QED) is 0.506. The van der Waals surface area contributed by atoms with Crippen LogP contribution in [-0.4, -0.2) is 41.0 Å². The molecule has 3 aromatic rings. The lowest BCUT2D eigenvalue weighted by atomic mass is 10.1. The van der Waals surface area contributed by atoms with E-state index in [1.54, 1.807) is 26.0 Å². The van der Waals surface area contributed by atoms with Crippen molar-refractivity contribution in [1.82, 2.24) is 9.97 Å². The molecule has 0 unspecified atom stereocenters. The third-order valence-corrected chi connectivity index (χ3v) is 4.36. The van der Waals surface area contributed by atoms with Crippen LogP contribution in [0.2, 0.25) is 0 Å². The van der Waals surface area contributed by atoms with Crippen molar-refractivity contribution < 1.29 is 28.3 Å². The van der Waals surface area contributed by atoms with Gasteiger partial charge in [-0.1, -0.05) is 30.3 Å². The van der Waals surface area contributed by atoms with Crippen LogP contribution in [-0.2, 0) is 9.47 Å². The molecule has 0 saturated heterocycles. The van der Waals surface area contributed by atoms with Gasteiger partial charge in [0, 0.05) is 11.8 Å². The van der Waals surface area contributed by atoms with Gasteiger partial charge in [-0.25, -0.2) is 19.6 Å². The Morgan fingerprint density at radius 2 is 1.69 bits per heavy atom. The number of rotatable bonds is 8. The second-order valence-corrected chi connectivity index (χ2v) is 6.49. The lowest BCUT2D eigenvalue weighted by molar-refractivity contribution is 0.0514. The molecule has 3 N–H and O–H groups in total. The van der Waals surface area contributed by atoms with Crippen molar-refractivity contribution in [2.75, 3.05) is 18.5 Å². The molecule has 2 aromatic heterocycles. The van der Waals surface area contributed by atoms with Gasteiger partial charge in [-0.15, -0.1) is 0 Å². The highest BCUT2D eigenvalue weighted by atomic mass is 16.5. The molecule has 0 atom stereocenters. The summed E-state index contributed by atoms with van der Waals surface area (Å²) >= 11 is 0. The first-order chi connectivity index (χ1) is 15.4. The summed E-state index contributed by atoms with van der Waals surface area (Å²) in [5.41, 5.74) is 5.91. The Labute approximate surface area is 183 Å². The Morgan fingerprint density at radius 1 is 1.03 bits per heavy atom. The number of nitrogens with two attached hydrogens (primary N) is 1. The topological polar surface area (TPSA) is 147 Å². The van der Waals surface area contributed by atoms with Gasteiger partial charge in [-0.2, -0.15) is 0 Å². The number of hydrogen-bond acceptors (Lipinski definition) is 9. The normalized spacial score (nSPS) is 10.5. The number of aryl methyl sites for hydroxylation is 1. The monoisotopic (exact) mass is 438 g/mol. The number of amides is 1. The number of primary amides is 1. The summed E-state index contributed by atoms with van der Waals surface area (Å²) in [6.07, 6.45) is 1.31. The Bertz CT molecular complexity index is 1160. The largest absolute Gasteiger partial charge is 0.462 e. The van der Waals surface area contributed by atoms with Crippen molar-refractivity contribution in [1.29, 1.82) is 0 Å². The van der Waals surface area contributed by atoms with E-state index >= 15 is 0 Å². The van der Waals surface area contributed by atoms with Crippen molar-refractivity contribution in [2.45, 2.75) is 20.8 Å². The highest BCUT2D eigenvalue weighted by Gasteiger charge is 2.29. The van der Waals surface area contributed by atoms with Gasteiger partial charge in [0.2, 0.25) is 5.88 Å². The molecule has 0 spiro atoms. The molecule has 0 aliphatic heterocycles. The summed E-state index contributed by atoms with van der Waals surface area (Å²) < 4.78 is 15.7. The maximum atomic E-state index is 12.4. The third kappa shape index (κ3) is 4.59. The molecule has 2 heterocycles.